The molecule has 24 heavy (non-hydrogen) atoms. The van der Waals surface area contributed by atoms with Crippen LogP contribution in [0.25, 0.3) is 0 Å². The smallest absolute Gasteiger partial charge is 0.255 e. The molecule has 128 valence electrons. The highest BCUT2D eigenvalue weighted by atomic mass is 32.2. The summed E-state index contributed by atoms with van der Waals surface area (Å²) in [4.78, 5) is 12.3. The van der Waals surface area contributed by atoms with Crippen LogP contribution in [0.3, 0.4) is 0 Å². The maximum Gasteiger partial charge on any atom is 0.255 e. The lowest BCUT2D eigenvalue weighted by molar-refractivity contribution is 0.102. The molecule has 2 N–H and O–H groups in total. The van der Waals surface area contributed by atoms with Crippen molar-refractivity contribution < 1.29 is 17.9 Å². The van der Waals surface area contributed by atoms with Crippen LogP contribution in [0, 0.1) is 6.92 Å². The van der Waals surface area contributed by atoms with Crippen LogP contribution < -0.4 is 10.0 Å². The molecule has 0 aliphatic carbocycles. The lowest BCUT2D eigenvalue weighted by atomic mass is 10.2. The number of carbonyl (C=O) groups is 1. The molecular weight excluding hydrogens is 328 g/mol. The second kappa shape index (κ2) is 8.05. The monoisotopic (exact) mass is 348 g/mol. The quantitative estimate of drug-likeness (QED) is 0.751. The fourth-order valence-electron chi connectivity index (χ4n) is 2.07. The number of carbonyl (C=O) groups excluding carboxylic acids is 1. The summed E-state index contributed by atoms with van der Waals surface area (Å²) in [5.41, 5.74) is 2.11. The molecule has 2 aromatic carbocycles. The Morgan fingerprint density at radius 3 is 2.46 bits per heavy atom. The molecule has 6 nitrogen and oxygen atoms in total. The van der Waals surface area contributed by atoms with E-state index in [2.05, 4.69) is 10.0 Å². The molecule has 2 rings (SSSR count). The van der Waals surface area contributed by atoms with Gasteiger partial charge in [-0.2, -0.15) is 0 Å². The number of rotatable bonds is 7. The third kappa shape index (κ3) is 4.89. The fraction of sp³-hybridized carbons (Fsp3) is 0.235. The van der Waals surface area contributed by atoms with E-state index in [-0.39, 0.29) is 24.0 Å². The number of hydrogen-bond donors (Lipinski definition) is 2. The Labute approximate surface area is 141 Å². The largest absolute Gasteiger partial charge is 0.383 e. The molecule has 0 saturated carbocycles. The van der Waals surface area contributed by atoms with E-state index in [0.29, 0.717) is 11.3 Å². The van der Waals surface area contributed by atoms with E-state index in [1.165, 1.54) is 31.4 Å². The van der Waals surface area contributed by atoms with Gasteiger partial charge in [0.25, 0.3) is 5.91 Å². The second-order valence-corrected chi connectivity index (χ2v) is 7.01. The first-order valence-electron chi connectivity index (χ1n) is 7.39. The van der Waals surface area contributed by atoms with Crippen molar-refractivity contribution in [3.8, 4) is 0 Å². The molecule has 0 atom stereocenters. The van der Waals surface area contributed by atoms with Gasteiger partial charge in [-0.1, -0.05) is 12.1 Å². The number of aryl methyl sites for hydroxylation is 1. The predicted octanol–water partition coefficient (Wildman–Crippen LogP) is 2.17. The lowest BCUT2D eigenvalue weighted by Gasteiger charge is -2.08. The molecule has 0 radical (unpaired) electrons. The molecule has 0 bridgehead atoms. The minimum atomic E-state index is -3.60. The van der Waals surface area contributed by atoms with Crippen LogP contribution in [0.1, 0.15) is 15.9 Å². The lowest BCUT2D eigenvalue weighted by Crippen LogP contribution is -2.27. The first-order valence-corrected chi connectivity index (χ1v) is 8.87. The normalized spacial score (nSPS) is 11.2. The van der Waals surface area contributed by atoms with Crippen molar-refractivity contribution >= 4 is 21.6 Å². The number of benzene rings is 2. The van der Waals surface area contributed by atoms with Crippen LogP contribution in [-0.4, -0.2) is 34.6 Å². The van der Waals surface area contributed by atoms with Gasteiger partial charge in [0.05, 0.1) is 11.5 Å². The van der Waals surface area contributed by atoms with Crippen LogP contribution >= 0.6 is 0 Å². The van der Waals surface area contributed by atoms with E-state index in [4.69, 9.17) is 4.74 Å². The summed E-state index contributed by atoms with van der Waals surface area (Å²) in [6, 6.07) is 13.2. The molecule has 0 aromatic heterocycles. The number of hydrogen-bond acceptors (Lipinski definition) is 4. The Morgan fingerprint density at radius 2 is 1.83 bits per heavy atom. The summed E-state index contributed by atoms with van der Waals surface area (Å²) >= 11 is 0. The van der Waals surface area contributed by atoms with Crippen molar-refractivity contribution in [3.63, 3.8) is 0 Å². The SMILES string of the molecule is COCCNS(=O)(=O)c1ccc(C(=O)Nc2cccc(C)c2)cc1. The van der Waals surface area contributed by atoms with Gasteiger partial charge in [0, 0.05) is 24.9 Å². The van der Waals surface area contributed by atoms with E-state index < -0.39 is 10.0 Å². The Bertz CT molecular complexity index is 802. The minimum Gasteiger partial charge on any atom is -0.383 e. The average molecular weight is 348 g/mol. The zero-order valence-electron chi connectivity index (χ0n) is 13.6. The van der Waals surface area contributed by atoms with Crippen LogP contribution in [0.5, 0.6) is 0 Å². The van der Waals surface area contributed by atoms with Gasteiger partial charge >= 0.3 is 0 Å². The van der Waals surface area contributed by atoms with E-state index in [1.54, 1.807) is 6.07 Å². The standard InChI is InChI=1S/C17H20N2O4S/c1-13-4-3-5-15(12-13)19-17(20)14-6-8-16(9-7-14)24(21,22)18-10-11-23-2/h3-9,12,18H,10-11H2,1-2H3,(H,19,20). The first-order chi connectivity index (χ1) is 11.4. The van der Waals surface area contributed by atoms with Gasteiger partial charge in [0.1, 0.15) is 0 Å². The molecule has 1 amide bonds. The van der Waals surface area contributed by atoms with E-state index in [9.17, 15) is 13.2 Å². The van der Waals surface area contributed by atoms with Gasteiger partial charge in [-0.05, 0) is 48.9 Å². The fourth-order valence-corrected chi connectivity index (χ4v) is 3.09. The van der Waals surface area contributed by atoms with Crippen molar-refractivity contribution in [2.75, 3.05) is 25.6 Å². The van der Waals surface area contributed by atoms with Crippen molar-refractivity contribution in [1.29, 1.82) is 0 Å². The summed E-state index contributed by atoms with van der Waals surface area (Å²) in [5.74, 6) is -0.295. The van der Waals surface area contributed by atoms with Crippen molar-refractivity contribution in [1.82, 2.24) is 4.72 Å². The highest BCUT2D eigenvalue weighted by Crippen LogP contribution is 2.14. The van der Waals surface area contributed by atoms with Gasteiger partial charge in [0.15, 0.2) is 0 Å². The summed E-state index contributed by atoms with van der Waals surface area (Å²) in [7, 11) is -2.11. The van der Waals surface area contributed by atoms with Crippen LogP contribution in [0.15, 0.2) is 53.4 Å². The van der Waals surface area contributed by atoms with Crippen LogP contribution in [0.4, 0.5) is 5.69 Å². The maximum absolute atomic E-state index is 12.2. The summed E-state index contributed by atoms with van der Waals surface area (Å²) in [5, 5.41) is 2.78. The Balaban J connectivity index is 2.07. The van der Waals surface area contributed by atoms with E-state index >= 15 is 0 Å². The third-order valence-electron chi connectivity index (χ3n) is 3.30. The zero-order valence-corrected chi connectivity index (χ0v) is 14.4. The number of sulfonamides is 1. The van der Waals surface area contributed by atoms with Gasteiger partial charge in [-0.25, -0.2) is 13.1 Å². The van der Waals surface area contributed by atoms with Gasteiger partial charge in [0.2, 0.25) is 10.0 Å². The summed E-state index contributed by atoms with van der Waals surface area (Å²) in [6.07, 6.45) is 0. The highest BCUT2D eigenvalue weighted by Gasteiger charge is 2.14. The van der Waals surface area contributed by atoms with Crippen LogP contribution in [-0.2, 0) is 14.8 Å². The molecular formula is C17H20N2O4S. The molecule has 2 aromatic rings. The Morgan fingerprint density at radius 1 is 1.12 bits per heavy atom. The van der Waals surface area contributed by atoms with Gasteiger partial charge in [-0.3, -0.25) is 4.79 Å². The molecule has 7 heteroatoms. The molecule has 0 fully saturated rings. The molecule has 0 heterocycles. The van der Waals surface area contributed by atoms with Crippen molar-refractivity contribution in [2.45, 2.75) is 11.8 Å². The molecule has 0 aliphatic heterocycles. The number of ether oxygens (including phenoxy) is 1. The van der Waals surface area contributed by atoms with Crippen molar-refractivity contribution in [3.05, 3.63) is 59.7 Å². The third-order valence-corrected chi connectivity index (χ3v) is 4.78. The van der Waals surface area contributed by atoms with Crippen LogP contribution in [0.2, 0.25) is 0 Å². The second-order valence-electron chi connectivity index (χ2n) is 5.24. The number of anilines is 1. The first kappa shape index (κ1) is 18.1. The zero-order chi connectivity index (χ0) is 17.6. The van der Waals surface area contributed by atoms with E-state index in [1.807, 2.05) is 25.1 Å². The molecule has 0 unspecified atom stereocenters. The minimum absolute atomic E-state index is 0.103. The number of nitrogens with one attached hydrogen (secondary N) is 2. The molecule has 0 saturated heterocycles. The summed E-state index contributed by atoms with van der Waals surface area (Å²) < 4.78 is 31.3. The molecule has 0 spiro atoms. The van der Waals surface area contributed by atoms with Gasteiger partial charge < -0.3 is 10.1 Å². The van der Waals surface area contributed by atoms with Gasteiger partial charge in [-0.15, -0.1) is 0 Å². The Hall–Kier alpha value is -2.22. The van der Waals surface area contributed by atoms with Crippen molar-refractivity contribution in [2.24, 2.45) is 0 Å². The predicted molar refractivity (Wildman–Crippen MR) is 92.6 cm³/mol. The number of amides is 1. The molecule has 0 aliphatic rings. The average Bonchev–Trinajstić information content (AvgIpc) is 2.55. The van der Waals surface area contributed by atoms with E-state index in [0.717, 1.165) is 5.56 Å². The topological polar surface area (TPSA) is 84.5 Å². The Kier molecular flexibility index (Phi) is 6.08. The highest BCUT2D eigenvalue weighted by molar-refractivity contribution is 7.89. The number of methoxy groups -OCH3 is 1. The summed E-state index contributed by atoms with van der Waals surface area (Å²) in [6.45, 7) is 2.41. The maximum atomic E-state index is 12.2.